The zero-order chi connectivity index (χ0) is 9.73. The van der Waals surface area contributed by atoms with E-state index in [-0.39, 0.29) is 0 Å². The number of rotatable bonds is 2. The summed E-state index contributed by atoms with van der Waals surface area (Å²) >= 11 is 3.18. The first-order valence-corrected chi connectivity index (χ1v) is 5.21. The lowest BCUT2D eigenvalue weighted by Crippen LogP contribution is -2.31. The highest BCUT2D eigenvalue weighted by Gasteiger charge is 2.30. The molecular formula is C9H12BrN3. The molecule has 0 atom stereocenters. The van der Waals surface area contributed by atoms with Crippen LogP contribution in [-0.4, -0.2) is 17.4 Å². The predicted octanol–water partition coefficient (Wildman–Crippen LogP) is 1.56. The third-order valence-corrected chi connectivity index (χ3v) is 3.06. The quantitative estimate of drug-likeness (QED) is 0.747. The van der Waals surface area contributed by atoms with E-state index in [2.05, 4.69) is 21.2 Å². The molecule has 0 aliphatic carbocycles. The van der Waals surface area contributed by atoms with Gasteiger partial charge in [-0.2, -0.15) is 10.5 Å². The van der Waals surface area contributed by atoms with Crippen LogP contribution < -0.4 is 5.32 Å². The van der Waals surface area contributed by atoms with Crippen LogP contribution in [0.4, 0.5) is 0 Å². The van der Waals surface area contributed by atoms with Crippen LogP contribution in [0.15, 0.2) is 0 Å². The molecule has 0 amide bonds. The van der Waals surface area contributed by atoms with Crippen molar-refractivity contribution in [2.45, 2.75) is 23.6 Å². The Hall–Kier alpha value is -0.580. The molecule has 1 heterocycles. The van der Waals surface area contributed by atoms with Gasteiger partial charge in [0.15, 0.2) is 4.32 Å². The summed E-state index contributed by atoms with van der Waals surface area (Å²) in [5.41, 5.74) is 0. The molecule has 3 nitrogen and oxygen atoms in total. The molecule has 0 aromatic heterocycles. The summed E-state index contributed by atoms with van der Waals surface area (Å²) < 4.78 is -0.963. The first kappa shape index (κ1) is 10.5. The Bertz CT molecular complexity index is 231. The Labute approximate surface area is 86.9 Å². The normalized spacial score (nSPS) is 19.0. The largest absolute Gasteiger partial charge is 0.317 e. The first-order valence-electron chi connectivity index (χ1n) is 4.42. The second kappa shape index (κ2) is 4.60. The fourth-order valence-electron chi connectivity index (χ4n) is 1.60. The van der Waals surface area contributed by atoms with Gasteiger partial charge in [0.2, 0.25) is 0 Å². The van der Waals surface area contributed by atoms with Gasteiger partial charge in [0.25, 0.3) is 0 Å². The summed E-state index contributed by atoms with van der Waals surface area (Å²) in [4.78, 5) is 0. The molecule has 0 radical (unpaired) electrons. The molecule has 0 spiro atoms. The molecule has 4 heteroatoms. The Morgan fingerprint density at radius 3 is 2.31 bits per heavy atom. The van der Waals surface area contributed by atoms with Crippen molar-refractivity contribution in [1.29, 1.82) is 10.5 Å². The van der Waals surface area contributed by atoms with Crippen molar-refractivity contribution in [3.05, 3.63) is 0 Å². The Kier molecular flexibility index (Phi) is 3.71. The van der Waals surface area contributed by atoms with Crippen LogP contribution in [0, 0.1) is 28.6 Å². The van der Waals surface area contributed by atoms with Crippen molar-refractivity contribution in [3.63, 3.8) is 0 Å². The topological polar surface area (TPSA) is 59.6 Å². The summed E-state index contributed by atoms with van der Waals surface area (Å²) in [6.45, 7) is 2.01. The van der Waals surface area contributed by atoms with Crippen LogP contribution in [0.5, 0.6) is 0 Å². The molecule has 1 aliphatic heterocycles. The number of nitriles is 2. The van der Waals surface area contributed by atoms with E-state index in [4.69, 9.17) is 10.5 Å². The fraction of sp³-hybridized carbons (Fsp3) is 0.778. The second-order valence-electron chi connectivity index (χ2n) is 3.42. The SMILES string of the molecule is N#CC(Br)(C#N)CC1CCNCC1. The molecular weight excluding hydrogens is 230 g/mol. The van der Waals surface area contributed by atoms with Gasteiger partial charge in [0, 0.05) is 0 Å². The van der Waals surface area contributed by atoms with E-state index in [0.29, 0.717) is 12.3 Å². The van der Waals surface area contributed by atoms with Crippen LogP contribution in [0.1, 0.15) is 19.3 Å². The van der Waals surface area contributed by atoms with Crippen molar-refractivity contribution in [3.8, 4) is 12.1 Å². The predicted molar refractivity (Wildman–Crippen MR) is 53.1 cm³/mol. The average molecular weight is 242 g/mol. The van der Waals surface area contributed by atoms with Gasteiger partial charge in [-0.25, -0.2) is 0 Å². The minimum atomic E-state index is -0.963. The number of piperidine rings is 1. The second-order valence-corrected chi connectivity index (χ2v) is 4.78. The molecule has 0 unspecified atom stereocenters. The highest BCUT2D eigenvalue weighted by Crippen LogP contribution is 2.29. The summed E-state index contributed by atoms with van der Waals surface area (Å²) in [7, 11) is 0. The highest BCUT2D eigenvalue weighted by atomic mass is 79.9. The van der Waals surface area contributed by atoms with Crippen molar-refractivity contribution in [1.82, 2.24) is 5.32 Å². The van der Waals surface area contributed by atoms with E-state index in [9.17, 15) is 0 Å². The molecule has 70 valence electrons. The molecule has 0 saturated carbocycles. The number of hydrogen-bond acceptors (Lipinski definition) is 3. The number of alkyl halides is 1. The Morgan fingerprint density at radius 2 is 1.85 bits per heavy atom. The van der Waals surface area contributed by atoms with Gasteiger partial charge in [0.1, 0.15) is 0 Å². The van der Waals surface area contributed by atoms with Crippen molar-refractivity contribution < 1.29 is 0 Å². The van der Waals surface area contributed by atoms with E-state index >= 15 is 0 Å². The summed E-state index contributed by atoms with van der Waals surface area (Å²) in [6, 6.07) is 4.02. The lowest BCUT2D eigenvalue weighted by atomic mass is 9.89. The monoisotopic (exact) mass is 241 g/mol. The van der Waals surface area contributed by atoms with Crippen molar-refractivity contribution in [2.75, 3.05) is 13.1 Å². The van der Waals surface area contributed by atoms with Crippen LogP contribution in [0.2, 0.25) is 0 Å². The number of nitrogens with one attached hydrogen (secondary N) is 1. The molecule has 0 aromatic carbocycles. The molecule has 1 saturated heterocycles. The maximum Gasteiger partial charge on any atom is 0.197 e. The fourth-order valence-corrected chi connectivity index (χ4v) is 2.06. The maximum absolute atomic E-state index is 8.78. The number of halogens is 1. The van der Waals surface area contributed by atoms with Crippen LogP contribution in [0.25, 0.3) is 0 Å². The van der Waals surface area contributed by atoms with E-state index in [0.717, 1.165) is 25.9 Å². The van der Waals surface area contributed by atoms with Crippen molar-refractivity contribution >= 4 is 15.9 Å². The zero-order valence-corrected chi connectivity index (χ0v) is 8.97. The third kappa shape index (κ3) is 2.99. The van der Waals surface area contributed by atoms with E-state index in [1.807, 2.05) is 12.1 Å². The van der Waals surface area contributed by atoms with Crippen LogP contribution >= 0.6 is 15.9 Å². The Morgan fingerprint density at radius 1 is 1.31 bits per heavy atom. The van der Waals surface area contributed by atoms with E-state index in [1.54, 1.807) is 0 Å². The van der Waals surface area contributed by atoms with Gasteiger partial charge in [-0.05, 0) is 38.3 Å². The van der Waals surface area contributed by atoms with Gasteiger partial charge in [-0.15, -0.1) is 0 Å². The van der Waals surface area contributed by atoms with E-state index in [1.165, 1.54) is 0 Å². The third-order valence-electron chi connectivity index (χ3n) is 2.38. The standard InChI is InChI=1S/C9H12BrN3/c10-9(6-11,7-12)5-8-1-3-13-4-2-8/h8,13H,1-5H2. The molecule has 0 aromatic rings. The number of hydrogen-bond donors (Lipinski definition) is 1. The first-order chi connectivity index (χ1) is 6.20. The lowest BCUT2D eigenvalue weighted by Gasteiger charge is -2.25. The molecule has 1 fully saturated rings. The smallest absolute Gasteiger partial charge is 0.197 e. The maximum atomic E-state index is 8.78. The zero-order valence-electron chi connectivity index (χ0n) is 7.39. The minimum absolute atomic E-state index is 0.500. The molecule has 13 heavy (non-hydrogen) atoms. The molecule has 0 bridgehead atoms. The lowest BCUT2D eigenvalue weighted by molar-refractivity contribution is 0.350. The van der Waals surface area contributed by atoms with Crippen LogP contribution in [-0.2, 0) is 0 Å². The van der Waals surface area contributed by atoms with Crippen molar-refractivity contribution in [2.24, 2.45) is 5.92 Å². The number of nitrogens with zero attached hydrogens (tertiary/aromatic N) is 2. The van der Waals surface area contributed by atoms with Crippen LogP contribution in [0.3, 0.4) is 0 Å². The molecule has 1 aliphatic rings. The summed E-state index contributed by atoms with van der Waals surface area (Å²) in [5.74, 6) is 0.500. The molecule has 1 rings (SSSR count). The van der Waals surface area contributed by atoms with E-state index < -0.39 is 4.32 Å². The highest BCUT2D eigenvalue weighted by molar-refractivity contribution is 9.10. The Balaban J connectivity index is 2.47. The van der Waals surface area contributed by atoms with Gasteiger partial charge in [0.05, 0.1) is 12.1 Å². The van der Waals surface area contributed by atoms with Gasteiger partial charge in [-0.3, -0.25) is 0 Å². The van der Waals surface area contributed by atoms with Gasteiger partial charge >= 0.3 is 0 Å². The summed E-state index contributed by atoms with van der Waals surface area (Å²) in [5, 5.41) is 20.8. The minimum Gasteiger partial charge on any atom is -0.317 e. The van der Waals surface area contributed by atoms with Gasteiger partial charge in [-0.1, -0.05) is 15.9 Å². The van der Waals surface area contributed by atoms with Gasteiger partial charge < -0.3 is 5.32 Å². The molecule has 1 N–H and O–H groups in total. The summed E-state index contributed by atoms with van der Waals surface area (Å²) in [6.07, 6.45) is 2.77. The average Bonchev–Trinajstić information content (AvgIpc) is 2.19.